The third kappa shape index (κ3) is 3.56. The number of ether oxygens (including phenoxy) is 1. The fraction of sp³-hybridized carbons (Fsp3) is 0.333. The average Bonchev–Trinajstić information content (AvgIpc) is 3.26. The SMILES string of the molecule is CS(=O)(=O)c1cnc2ncnn2c1[C@@H]1CCCN(C(=O)C2=Cc3ccccc3OC2)C1. The molecule has 1 aromatic carbocycles. The number of para-hydroxylation sites is 1. The Morgan fingerprint density at radius 1 is 1.23 bits per heavy atom. The molecule has 0 aliphatic carbocycles. The molecule has 0 spiro atoms. The van der Waals surface area contributed by atoms with Crippen LogP contribution < -0.4 is 4.74 Å². The molecule has 1 fully saturated rings. The fourth-order valence-electron chi connectivity index (χ4n) is 4.27. The van der Waals surface area contributed by atoms with Gasteiger partial charge in [0.1, 0.15) is 23.6 Å². The molecular formula is C21H21N5O4S. The van der Waals surface area contributed by atoms with Crippen molar-refractivity contribution in [3.8, 4) is 5.75 Å². The number of sulfone groups is 1. The number of carbonyl (C=O) groups is 1. The molecule has 1 amide bonds. The highest BCUT2D eigenvalue weighted by Gasteiger charge is 2.32. The number of benzene rings is 1. The van der Waals surface area contributed by atoms with Gasteiger partial charge in [-0.05, 0) is 25.0 Å². The Bertz CT molecular complexity index is 1310. The van der Waals surface area contributed by atoms with Crippen molar-refractivity contribution >= 4 is 27.6 Å². The molecule has 2 aliphatic heterocycles. The fourth-order valence-corrected chi connectivity index (χ4v) is 5.14. The van der Waals surface area contributed by atoms with Gasteiger partial charge in [-0.3, -0.25) is 4.79 Å². The molecular weight excluding hydrogens is 418 g/mol. The van der Waals surface area contributed by atoms with Crippen LogP contribution in [0.1, 0.15) is 30.0 Å². The second-order valence-corrected chi connectivity index (χ2v) is 9.82. The summed E-state index contributed by atoms with van der Waals surface area (Å²) in [5, 5.41) is 4.20. The standard InChI is InChI=1S/C21H21N5O4S/c1-31(28,29)18-10-22-21-23-13-24-26(21)19(18)15-6-4-8-25(11-15)20(27)16-9-14-5-2-3-7-17(14)30-12-16/h2-3,5,7,9-10,13,15H,4,6,8,11-12H2,1H3/t15-/m1/s1. The molecule has 4 heterocycles. The van der Waals surface area contributed by atoms with Gasteiger partial charge in [-0.2, -0.15) is 14.6 Å². The summed E-state index contributed by atoms with van der Waals surface area (Å²) in [5.41, 5.74) is 1.99. The highest BCUT2D eigenvalue weighted by Crippen LogP contribution is 2.33. The van der Waals surface area contributed by atoms with Gasteiger partial charge < -0.3 is 9.64 Å². The first-order valence-electron chi connectivity index (χ1n) is 10.0. The lowest BCUT2D eigenvalue weighted by atomic mass is 9.93. The largest absolute Gasteiger partial charge is 0.488 e. The minimum absolute atomic E-state index is 0.0935. The van der Waals surface area contributed by atoms with E-state index in [-0.39, 0.29) is 23.3 Å². The van der Waals surface area contributed by atoms with Crippen LogP contribution in [0, 0.1) is 0 Å². The Hall–Kier alpha value is -3.27. The maximum atomic E-state index is 13.2. The number of rotatable bonds is 3. The zero-order valence-electron chi connectivity index (χ0n) is 16.9. The van der Waals surface area contributed by atoms with Crippen molar-refractivity contribution in [1.29, 1.82) is 0 Å². The second kappa shape index (κ2) is 7.45. The summed E-state index contributed by atoms with van der Waals surface area (Å²) in [6, 6.07) is 7.59. The van der Waals surface area contributed by atoms with E-state index < -0.39 is 9.84 Å². The Morgan fingerprint density at radius 2 is 2.06 bits per heavy atom. The van der Waals surface area contributed by atoms with E-state index in [9.17, 15) is 13.2 Å². The van der Waals surface area contributed by atoms with Gasteiger partial charge in [-0.15, -0.1) is 0 Å². The van der Waals surface area contributed by atoms with Crippen LogP contribution in [-0.4, -0.2) is 64.8 Å². The van der Waals surface area contributed by atoms with E-state index in [4.69, 9.17) is 4.74 Å². The van der Waals surface area contributed by atoms with E-state index in [2.05, 4.69) is 15.1 Å². The van der Waals surface area contributed by atoms with Crippen LogP contribution in [0.5, 0.6) is 5.75 Å². The van der Waals surface area contributed by atoms with Crippen LogP contribution in [0.2, 0.25) is 0 Å². The number of amides is 1. The number of nitrogens with zero attached hydrogens (tertiary/aromatic N) is 5. The van der Waals surface area contributed by atoms with Crippen LogP contribution in [0.25, 0.3) is 11.9 Å². The normalized spacial score (nSPS) is 18.9. The van der Waals surface area contributed by atoms with Gasteiger partial charge in [0.15, 0.2) is 9.84 Å². The first kappa shape index (κ1) is 19.7. The van der Waals surface area contributed by atoms with Gasteiger partial charge in [-0.25, -0.2) is 13.4 Å². The minimum atomic E-state index is -3.53. The van der Waals surface area contributed by atoms with Gasteiger partial charge in [0.25, 0.3) is 11.7 Å². The van der Waals surface area contributed by atoms with Gasteiger partial charge in [0.2, 0.25) is 0 Å². The zero-order valence-corrected chi connectivity index (χ0v) is 17.7. The lowest BCUT2D eigenvalue weighted by Crippen LogP contribution is -2.41. The van der Waals surface area contributed by atoms with E-state index in [1.807, 2.05) is 30.3 Å². The summed E-state index contributed by atoms with van der Waals surface area (Å²) in [7, 11) is -3.53. The summed E-state index contributed by atoms with van der Waals surface area (Å²) >= 11 is 0. The summed E-state index contributed by atoms with van der Waals surface area (Å²) in [5.74, 6) is 0.806. The minimum Gasteiger partial charge on any atom is -0.488 e. The molecule has 160 valence electrons. The highest BCUT2D eigenvalue weighted by molar-refractivity contribution is 7.90. The zero-order chi connectivity index (χ0) is 21.6. The predicted molar refractivity (Wildman–Crippen MR) is 112 cm³/mol. The van der Waals surface area contributed by atoms with Gasteiger partial charge in [-0.1, -0.05) is 18.2 Å². The van der Waals surface area contributed by atoms with Crippen molar-refractivity contribution in [1.82, 2.24) is 24.5 Å². The van der Waals surface area contributed by atoms with Crippen LogP contribution in [-0.2, 0) is 14.6 Å². The molecule has 3 aromatic rings. The quantitative estimate of drug-likeness (QED) is 0.611. The van der Waals surface area contributed by atoms with Gasteiger partial charge >= 0.3 is 0 Å². The molecule has 0 bridgehead atoms. The maximum absolute atomic E-state index is 13.2. The Labute approximate surface area is 179 Å². The van der Waals surface area contributed by atoms with Crippen molar-refractivity contribution in [2.45, 2.75) is 23.7 Å². The maximum Gasteiger partial charge on any atom is 0.253 e. The average molecular weight is 439 g/mol. The third-order valence-electron chi connectivity index (χ3n) is 5.71. The smallest absolute Gasteiger partial charge is 0.253 e. The van der Waals surface area contributed by atoms with Crippen LogP contribution in [0.15, 0.2) is 47.3 Å². The topological polar surface area (TPSA) is 107 Å². The number of piperidine rings is 1. The number of hydrogen-bond acceptors (Lipinski definition) is 7. The van der Waals surface area contributed by atoms with E-state index in [0.717, 1.165) is 30.4 Å². The van der Waals surface area contributed by atoms with Crippen LogP contribution in [0.3, 0.4) is 0 Å². The second-order valence-electron chi connectivity index (χ2n) is 7.84. The molecule has 1 saturated heterocycles. The monoisotopic (exact) mass is 439 g/mol. The van der Waals surface area contributed by atoms with Crippen molar-refractivity contribution in [2.75, 3.05) is 26.0 Å². The number of aromatic nitrogens is 4. The first-order valence-corrected chi connectivity index (χ1v) is 11.9. The summed E-state index contributed by atoms with van der Waals surface area (Å²) in [4.78, 5) is 23.3. The van der Waals surface area contributed by atoms with Crippen molar-refractivity contribution in [3.63, 3.8) is 0 Å². The van der Waals surface area contributed by atoms with Crippen LogP contribution in [0.4, 0.5) is 0 Å². The lowest BCUT2D eigenvalue weighted by molar-refractivity contribution is -0.128. The molecule has 0 radical (unpaired) electrons. The highest BCUT2D eigenvalue weighted by atomic mass is 32.2. The lowest BCUT2D eigenvalue weighted by Gasteiger charge is -2.34. The molecule has 31 heavy (non-hydrogen) atoms. The predicted octanol–water partition coefficient (Wildman–Crippen LogP) is 1.71. The molecule has 5 rings (SSSR count). The summed E-state index contributed by atoms with van der Waals surface area (Å²) < 4.78 is 32.1. The van der Waals surface area contributed by atoms with E-state index >= 15 is 0 Å². The number of carbonyl (C=O) groups excluding carboxylic acids is 1. The molecule has 0 saturated carbocycles. The van der Waals surface area contributed by atoms with E-state index in [1.54, 1.807) is 4.90 Å². The van der Waals surface area contributed by atoms with Crippen LogP contribution >= 0.6 is 0 Å². The number of fused-ring (bicyclic) bond motifs is 2. The molecule has 0 unspecified atom stereocenters. The van der Waals surface area contributed by atoms with Crippen molar-refractivity contribution in [3.05, 3.63) is 53.6 Å². The molecule has 2 aromatic heterocycles. The van der Waals surface area contributed by atoms with Gasteiger partial charge in [0, 0.05) is 30.8 Å². The van der Waals surface area contributed by atoms with Crippen molar-refractivity contribution in [2.24, 2.45) is 0 Å². The Balaban J connectivity index is 1.48. The molecule has 0 N–H and O–H groups in total. The van der Waals surface area contributed by atoms with E-state index in [1.165, 1.54) is 17.0 Å². The number of likely N-dealkylation sites (tertiary alicyclic amines) is 1. The molecule has 9 nitrogen and oxygen atoms in total. The summed E-state index contributed by atoms with van der Waals surface area (Å²) in [6.07, 6.45) is 7.21. The van der Waals surface area contributed by atoms with Gasteiger partial charge in [0.05, 0.1) is 17.5 Å². The summed E-state index contributed by atoms with van der Waals surface area (Å²) in [6.45, 7) is 1.21. The Kier molecular flexibility index (Phi) is 4.73. The van der Waals surface area contributed by atoms with Crippen molar-refractivity contribution < 1.29 is 17.9 Å². The molecule has 2 aliphatic rings. The molecule has 10 heteroatoms. The first-order chi connectivity index (χ1) is 14.9. The Morgan fingerprint density at radius 3 is 2.90 bits per heavy atom. The third-order valence-corrected chi connectivity index (χ3v) is 6.82. The molecule has 1 atom stereocenters. The number of hydrogen-bond donors (Lipinski definition) is 0. The van der Waals surface area contributed by atoms with E-state index in [0.29, 0.717) is 30.1 Å².